The monoisotopic (exact) mass is 262 g/mol. The number of hydrogen-bond donors (Lipinski definition) is 1. The minimum atomic E-state index is -4.69. The van der Waals surface area contributed by atoms with Crippen molar-refractivity contribution >= 4 is 16.6 Å². The van der Waals surface area contributed by atoms with Crippen LogP contribution in [0.2, 0.25) is 0 Å². The largest absolute Gasteiger partial charge is 0.433 e. The first-order valence-electron chi connectivity index (χ1n) is 4.87. The number of benzene rings is 1. The molecule has 0 spiro atoms. The predicted octanol–water partition coefficient (Wildman–Crippen LogP) is 3.57. The molecule has 2 aromatic rings. The van der Waals surface area contributed by atoms with E-state index in [9.17, 15) is 22.0 Å². The van der Waals surface area contributed by atoms with Gasteiger partial charge in [0.25, 0.3) is 0 Å². The van der Waals surface area contributed by atoms with Gasteiger partial charge in [-0.2, -0.15) is 13.2 Å². The van der Waals surface area contributed by atoms with Crippen molar-refractivity contribution in [1.82, 2.24) is 4.98 Å². The number of halogens is 5. The fourth-order valence-electron chi connectivity index (χ4n) is 1.60. The first-order chi connectivity index (χ1) is 8.32. The average Bonchev–Trinajstić information content (AvgIpc) is 2.26. The lowest BCUT2D eigenvalue weighted by Gasteiger charge is -2.11. The molecule has 2 rings (SSSR count). The number of alkyl halides is 3. The van der Waals surface area contributed by atoms with Crippen LogP contribution in [0, 0.1) is 11.6 Å². The Morgan fingerprint density at radius 2 is 1.78 bits per heavy atom. The molecule has 0 aliphatic heterocycles. The van der Waals surface area contributed by atoms with Gasteiger partial charge >= 0.3 is 6.18 Å². The molecule has 7 heteroatoms. The van der Waals surface area contributed by atoms with Crippen LogP contribution >= 0.6 is 0 Å². The van der Waals surface area contributed by atoms with Crippen LogP contribution in [0.25, 0.3) is 10.9 Å². The molecule has 0 saturated carbocycles. The van der Waals surface area contributed by atoms with Crippen molar-refractivity contribution in [2.24, 2.45) is 0 Å². The number of pyridine rings is 1. The van der Waals surface area contributed by atoms with Gasteiger partial charge in [-0.25, -0.2) is 13.8 Å². The van der Waals surface area contributed by atoms with E-state index in [1.54, 1.807) is 0 Å². The van der Waals surface area contributed by atoms with E-state index in [1.165, 1.54) is 7.05 Å². The van der Waals surface area contributed by atoms with Crippen LogP contribution in [0.15, 0.2) is 18.2 Å². The minimum absolute atomic E-state index is 0.0364. The lowest BCUT2D eigenvalue weighted by atomic mass is 10.1. The van der Waals surface area contributed by atoms with Crippen LogP contribution in [0.3, 0.4) is 0 Å². The normalized spacial score (nSPS) is 11.9. The van der Waals surface area contributed by atoms with Crippen LogP contribution < -0.4 is 5.32 Å². The van der Waals surface area contributed by atoms with Crippen LogP contribution in [0.4, 0.5) is 27.6 Å². The first-order valence-corrected chi connectivity index (χ1v) is 4.87. The van der Waals surface area contributed by atoms with Gasteiger partial charge in [-0.1, -0.05) is 0 Å². The third-order valence-corrected chi connectivity index (χ3v) is 2.39. The molecule has 1 N–H and O–H groups in total. The van der Waals surface area contributed by atoms with Crippen molar-refractivity contribution < 1.29 is 22.0 Å². The summed E-state index contributed by atoms with van der Waals surface area (Å²) in [6.45, 7) is 0. The predicted molar refractivity (Wildman–Crippen MR) is 56.2 cm³/mol. The summed E-state index contributed by atoms with van der Waals surface area (Å²) in [5.41, 5.74) is -1.79. The number of fused-ring (bicyclic) bond motifs is 1. The molecule has 1 aromatic heterocycles. The number of anilines is 1. The highest BCUT2D eigenvalue weighted by molar-refractivity contribution is 5.91. The Morgan fingerprint density at radius 3 is 2.33 bits per heavy atom. The molecular formula is C11H7F5N2. The van der Waals surface area contributed by atoms with Crippen molar-refractivity contribution in [1.29, 1.82) is 0 Å². The Labute approximate surface area is 98.4 Å². The molecule has 18 heavy (non-hydrogen) atoms. The van der Waals surface area contributed by atoms with Gasteiger partial charge in [0.2, 0.25) is 0 Å². The smallest absolute Gasteiger partial charge is 0.388 e. The number of nitrogens with zero attached hydrogens (tertiary/aromatic N) is 1. The van der Waals surface area contributed by atoms with Gasteiger partial charge in [0.15, 0.2) is 5.82 Å². The van der Waals surface area contributed by atoms with Gasteiger partial charge in [0.05, 0.1) is 0 Å². The lowest BCUT2D eigenvalue weighted by molar-refractivity contribution is -0.140. The zero-order chi connectivity index (χ0) is 13.5. The second kappa shape index (κ2) is 4.08. The molecule has 1 aromatic carbocycles. The Hall–Kier alpha value is -1.92. The topological polar surface area (TPSA) is 24.9 Å². The Balaban J connectivity index is 2.84. The van der Waals surface area contributed by atoms with Crippen molar-refractivity contribution in [3.63, 3.8) is 0 Å². The van der Waals surface area contributed by atoms with Crippen molar-refractivity contribution in [3.05, 3.63) is 35.5 Å². The summed E-state index contributed by atoms with van der Waals surface area (Å²) in [6.07, 6.45) is -4.69. The summed E-state index contributed by atoms with van der Waals surface area (Å²) < 4.78 is 64.1. The molecule has 0 atom stereocenters. The second-order valence-corrected chi connectivity index (χ2v) is 3.59. The number of rotatable bonds is 1. The maximum absolute atomic E-state index is 13.4. The van der Waals surface area contributed by atoms with E-state index < -0.39 is 29.0 Å². The van der Waals surface area contributed by atoms with E-state index in [0.29, 0.717) is 12.1 Å². The molecule has 0 aliphatic rings. The molecule has 2 nitrogen and oxygen atoms in total. The van der Waals surface area contributed by atoms with Crippen molar-refractivity contribution in [3.8, 4) is 0 Å². The average molecular weight is 262 g/mol. The zero-order valence-corrected chi connectivity index (χ0v) is 9.07. The fraction of sp³-hybridized carbons (Fsp3) is 0.182. The first kappa shape index (κ1) is 12.5. The molecule has 0 bridgehead atoms. The van der Waals surface area contributed by atoms with Crippen LogP contribution in [0.5, 0.6) is 0 Å². The number of nitrogens with one attached hydrogen (secondary N) is 1. The molecule has 0 fully saturated rings. The summed E-state index contributed by atoms with van der Waals surface area (Å²) in [4.78, 5) is 3.19. The van der Waals surface area contributed by atoms with Crippen LogP contribution in [-0.4, -0.2) is 12.0 Å². The zero-order valence-electron chi connectivity index (χ0n) is 9.07. The van der Waals surface area contributed by atoms with Crippen molar-refractivity contribution in [2.75, 3.05) is 12.4 Å². The summed E-state index contributed by atoms with van der Waals surface area (Å²) >= 11 is 0. The van der Waals surface area contributed by atoms with E-state index in [-0.39, 0.29) is 11.1 Å². The highest BCUT2D eigenvalue weighted by atomic mass is 19.4. The van der Waals surface area contributed by atoms with E-state index in [2.05, 4.69) is 10.3 Å². The third-order valence-electron chi connectivity index (χ3n) is 2.39. The lowest BCUT2D eigenvalue weighted by Crippen LogP contribution is -2.09. The molecule has 0 amide bonds. The van der Waals surface area contributed by atoms with Gasteiger partial charge in [0, 0.05) is 24.2 Å². The summed E-state index contributed by atoms with van der Waals surface area (Å²) in [6, 6.07) is 2.13. The fourth-order valence-corrected chi connectivity index (χ4v) is 1.60. The molecule has 0 saturated heterocycles. The van der Waals surface area contributed by atoms with Gasteiger partial charge < -0.3 is 5.32 Å². The maximum Gasteiger partial charge on any atom is 0.433 e. The Kier molecular flexibility index (Phi) is 2.84. The highest BCUT2D eigenvalue weighted by Crippen LogP contribution is 2.33. The summed E-state index contributed by atoms with van der Waals surface area (Å²) in [5.74, 6) is -2.01. The molecule has 1 heterocycles. The standard InChI is InChI=1S/C11H7F5N2/c1-17-8-4-9(11(14,15)16)18-10-6(8)2-5(12)3-7(10)13/h2-4H,1H3,(H,17,18). The maximum atomic E-state index is 13.4. The third kappa shape index (κ3) is 2.07. The second-order valence-electron chi connectivity index (χ2n) is 3.59. The molecular weight excluding hydrogens is 255 g/mol. The van der Waals surface area contributed by atoms with E-state index in [4.69, 9.17) is 0 Å². The molecule has 96 valence electrons. The Morgan fingerprint density at radius 1 is 1.11 bits per heavy atom. The van der Waals surface area contributed by atoms with Gasteiger partial charge in [-0.05, 0) is 12.1 Å². The molecule has 0 aliphatic carbocycles. The van der Waals surface area contributed by atoms with Crippen LogP contribution in [-0.2, 0) is 6.18 Å². The van der Waals surface area contributed by atoms with Crippen LogP contribution in [0.1, 0.15) is 5.69 Å². The summed E-state index contributed by atoms with van der Waals surface area (Å²) in [5, 5.41) is 2.42. The Bertz CT molecular complexity index is 606. The van der Waals surface area contributed by atoms with Gasteiger partial charge in [-0.15, -0.1) is 0 Å². The number of hydrogen-bond acceptors (Lipinski definition) is 2. The van der Waals surface area contributed by atoms with E-state index >= 15 is 0 Å². The van der Waals surface area contributed by atoms with Gasteiger partial charge in [0.1, 0.15) is 17.0 Å². The number of aromatic nitrogens is 1. The minimum Gasteiger partial charge on any atom is -0.388 e. The quantitative estimate of drug-likeness (QED) is 0.794. The van der Waals surface area contributed by atoms with E-state index in [0.717, 1.165) is 6.07 Å². The SMILES string of the molecule is CNc1cc(C(F)(F)F)nc2c(F)cc(F)cc12. The highest BCUT2D eigenvalue weighted by Gasteiger charge is 2.33. The van der Waals surface area contributed by atoms with E-state index in [1.807, 2.05) is 0 Å². The van der Waals surface area contributed by atoms with Crippen molar-refractivity contribution in [2.45, 2.75) is 6.18 Å². The molecule has 0 radical (unpaired) electrons. The molecule has 0 unspecified atom stereocenters. The van der Waals surface area contributed by atoms with Gasteiger partial charge in [-0.3, -0.25) is 0 Å². The summed E-state index contributed by atoms with van der Waals surface area (Å²) in [7, 11) is 1.36.